The van der Waals surface area contributed by atoms with Gasteiger partial charge in [0.25, 0.3) is 0 Å². The second-order valence-corrected chi connectivity index (χ2v) is 6.25. The van der Waals surface area contributed by atoms with Gasteiger partial charge < -0.3 is 5.11 Å². The molecule has 1 heterocycles. The van der Waals surface area contributed by atoms with E-state index in [-0.39, 0.29) is 20.8 Å². The molecule has 2 aromatic rings. The Morgan fingerprint density at radius 3 is 2.22 bits per heavy atom. The van der Waals surface area contributed by atoms with E-state index in [2.05, 4.69) is 4.98 Å². The van der Waals surface area contributed by atoms with Crippen LogP contribution in [0, 0.1) is 0 Å². The predicted molar refractivity (Wildman–Crippen MR) is 84.1 cm³/mol. The van der Waals surface area contributed by atoms with Crippen LogP contribution >= 0.6 is 34.8 Å². The SMILES string of the molecule is CC(c1ccc(Cl)cc1Cl)C(O)(c1ccc(Cl)nc1)C(F)(F)F. The summed E-state index contributed by atoms with van der Waals surface area (Å²) in [7, 11) is 0. The van der Waals surface area contributed by atoms with Gasteiger partial charge in [0.05, 0.1) is 0 Å². The van der Waals surface area contributed by atoms with Crippen molar-refractivity contribution in [3.63, 3.8) is 0 Å². The van der Waals surface area contributed by atoms with E-state index < -0.39 is 23.3 Å². The van der Waals surface area contributed by atoms with Gasteiger partial charge in [0.1, 0.15) is 5.15 Å². The van der Waals surface area contributed by atoms with Gasteiger partial charge in [-0.3, -0.25) is 0 Å². The fourth-order valence-electron chi connectivity index (χ4n) is 2.34. The van der Waals surface area contributed by atoms with Crippen LogP contribution in [-0.4, -0.2) is 16.3 Å². The first-order valence-corrected chi connectivity index (χ1v) is 7.57. The summed E-state index contributed by atoms with van der Waals surface area (Å²) in [6.07, 6.45) is -4.05. The molecular formula is C15H11Cl3F3NO. The molecule has 124 valence electrons. The second kappa shape index (κ2) is 6.48. The van der Waals surface area contributed by atoms with Crippen molar-refractivity contribution in [2.75, 3.05) is 0 Å². The molecule has 8 heteroatoms. The average Bonchev–Trinajstić information content (AvgIpc) is 2.45. The molecule has 0 aliphatic heterocycles. The van der Waals surface area contributed by atoms with Crippen LogP contribution in [-0.2, 0) is 5.60 Å². The van der Waals surface area contributed by atoms with E-state index >= 15 is 0 Å². The lowest BCUT2D eigenvalue weighted by Crippen LogP contribution is -2.46. The van der Waals surface area contributed by atoms with E-state index in [1.807, 2.05) is 0 Å². The Morgan fingerprint density at radius 2 is 1.74 bits per heavy atom. The summed E-state index contributed by atoms with van der Waals surface area (Å²) in [5.41, 5.74) is -3.49. The maximum atomic E-state index is 13.7. The number of benzene rings is 1. The third kappa shape index (κ3) is 3.43. The van der Waals surface area contributed by atoms with Crippen LogP contribution < -0.4 is 0 Å². The van der Waals surface area contributed by atoms with Gasteiger partial charge in [-0.05, 0) is 23.8 Å². The lowest BCUT2D eigenvalue weighted by molar-refractivity contribution is -0.274. The van der Waals surface area contributed by atoms with E-state index in [4.69, 9.17) is 34.8 Å². The first kappa shape index (κ1) is 18.3. The number of hydrogen-bond donors (Lipinski definition) is 1. The van der Waals surface area contributed by atoms with Crippen molar-refractivity contribution < 1.29 is 18.3 Å². The molecule has 1 aromatic carbocycles. The van der Waals surface area contributed by atoms with Crippen molar-refractivity contribution in [2.45, 2.75) is 24.6 Å². The molecule has 1 N–H and O–H groups in total. The molecular weight excluding hydrogens is 374 g/mol. The first-order chi connectivity index (χ1) is 10.6. The molecule has 0 bridgehead atoms. The predicted octanol–water partition coefficient (Wildman–Crippen LogP) is 5.60. The Morgan fingerprint density at radius 1 is 1.09 bits per heavy atom. The van der Waals surface area contributed by atoms with E-state index in [1.165, 1.54) is 31.2 Å². The summed E-state index contributed by atoms with van der Waals surface area (Å²) in [5.74, 6) is -1.39. The molecule has 0 radical (unpaired) electrons. The number of hydrogen-bond acceptors (Lipinski definition) is 2. The number of rotatable bonds is 3. The quantitative estimate of drug-likeness (QED) is 0.699. The van der Waals surface area contributed by atoms with Crippen LogP contribution in [0.4, 0.5) is 13.2 Å². The fourth-order valence-corrected chi connectivity index (χ4v) is 3.02. The molecule has 0 fully saturated rings. The zero-order chi connectivity index (χ0) is 17.4. The van der Waals surface area contributed by atoms with Gasteiger partial charge in [0.2, 0.25) is 0 Å². The van der Waals surface area contributed by atoms with Crippen molar-refractivity contribution in [2.24, 2.45) is 0 Å². The van der Waals surface area contributed by atoms with Gasteiger partial charge in [-0.1, -0.05) is 53.9 Å². The van der Waals surface area contributed by atoms with Crippen LogP contribution in [0.2, 0.25) is 15.2 Å². The summed E-state index contributed by atoms with van der Waals surface area (Å²) >= 11 is 17.4. The minimum absolute atomic E-state index is 0.0236. The highest BCUT2D eigenvalue weighted by molar-refractivity contribution is 6.35. The van der Waals surface area contributed by atoms with Crippen molar-refractivity contribution in [1.82, 2.24) is 4.98 Å². The van der Waals surface area contributed by atoms with Crippen LogP contribution in [0.1, 0.15) is 24.0 Å². The van der Waals surface area contributed by atoms with E-state index in [0.29, 0.717) is 0 Å². The number of pyridine rings is 1. The first-order valence-electron chi connectivity index (χ1n) is 6.43. The standard InChI is InChI=1S/C15H11Cl3F3NO/c1-8(11-4-3-10(16)6-12(11)17)14(23,15(19,20)21)9-2-5-13(18)22-7-9/h2-8,23H,1H3. The molecule has 0 saturated carbocycles. The normalized spacial score (nSPS) is 16.0. The Bertz CT molecular complexity index is 706. The molecule has 1 aromatic heterocycles. The molecule has 2 atom stereocenters. The monoisotopic (exact) mass is 383 g/mol. The average molecular weight is 385 g/mol. The maximum absolute atomic E-state index is 13.7. The Balaban J connectivity index is 2.60. The molecule has 0 saturated heterocycles. The lowest BCUT2D eigenvalue weighted by atomic mass is 9.78. The maximum Gasteiger partial charge on any atom is 0.422 e. The summed E-state index contributed by atoms with van der Waals surface area (Å²) in [6, 6.07) is 6.37. The highest BCUT2D eigenvalue weighted by Gasteiger charge is 2.59. The molecule has 23 heavy (non-hydrogen) atoms. The Labute approximate surface area is 145 Å². The van der Waals surface area contributed by atoms with Gasteiger partial charge >= 0.3 is 6.18 Å². The van der Waals surface area contributed by atoms with Crippen molar-refractivity contribution in [3.05, 3.63) is 62.9 Å². The van der Waals surface area contributed by atoms with Crippen molar-refractivity contribution >= 4 is 34.8 Å². The highest BCUT2D eigenvalue weighted by Crippen LogP contribution is 2.49. The minimum atomic E-state index is -4.95. The number of aliphatic hydroxyl groups is 1. The molecule has 0 aliphatic carbocycles. The van der Waals surface area contributed by atoms with E-state index in [1.54, 1.807) is 0 Å². The van der Waals surface area contributed by atoms with E-state index in [0.717, 1.165) is 12.3 Å². The van der Waals surface area contributed by atoms with Gasteiger partial charge in [-0.2, -0.15) is 13.2 Å². The third-order valence-corrected chi connectivity index (χ3v) is 4.44. The van der Waals surface area contributed by atoms with Crippen LogP contribution in [0.5, 0.6) is 0 Å². The molecule has 2 nitrogen and oxygen atoms in total. The smallest absolute Gasteiger partial charge is 0.376 e. The minimum Gasteiger partial charge on any atom is -0.376 e. The topological polar surface area (TPSA) is 33.1 Å². The fraction of sp³-hybridized carbons (Fsp3) is 0.267. The molecule has 0 aliphatic rings. The zero-order valence-corrected chi connectivity index (χ0v) is 14.0. The number of halogens is 6. The number of alkyl halides is 3. The van der Waals surface area contributed by atoms with Gasteiger partial charge in [0, 0.05) is 27.7 Å². The van der Waals surface area contributed by atoms with Crippen molar-refractivity contribution in [1.29, 1.82) is 0 Å². The van der Waals surface area contributed by atoms with Crippen LogP contribution in [0.3, 0.4) is 0 Å². The summed E-state index contributed by atoms with van der Waals surface area (Å²) in [4.78, 5) is 3.62. The van der Waals surface area contributed by atoms with Gasteiger partial charge in [-0.15, -0.1) is 0 Å². The molecule has 2 rings (SSSR count). The van der Waals surface area contributed by atoms with E-state index in [9.17, 15) is 18.3 Å². The highest BCUT2D eigenvalue weighted by atomic mass is 35.5. The largest absolute Gasteiger partial charge is 0.422 e. The Kier molecular flexibility index (Phi) is 5.16. The summed E-state index contributed by atoms with van der Waals surface area (Å²) in [6.45, 7) is 1.23. The molecule has 0 amide bonds. The zero-order valence-electron chi connectivity index (χ0n) is 11.7. The van der Waals surface area contributed by atoms with Crippen molar-refractivity contribution in [3.8, 4) is 0 Å². The van der Waals surface area contributed by atoms with Gasteiger partial charge in [0.15, 0.2) is 5.60 Å². The lowest BCUT2D eigenvalue weighted by Gasteiger charge is -2.36. The third-order valence-electron chi connectivity index (χ3n) is 3.66. The number of nitrogens with zero attached hydrogens (tertiary/aromatic N) is 1. The number of aromatic nitrogens is 1. The van der Waals surface area contributed by atoms with Crippen LogP contribution in [0.15, 0.2) is 36.5 Å². The summed E-state index contributed by atoms with van der Waals surface area (Å²) < 4.78 is 41.0. The Hall–Kier alpha value is -1.01. The van der Waals surface area contributed by atoms with Crippen LogP contribution in [0.25, 0.3) is 0 Å². The second-order valence-electron chi connectivity index (χ2n) is 5.02. The summed E-state index contributed by atoms with van der Waals surface area (Å²) in [5, 5.41) is 10.9. The molecule has 0 spiro atoms. The van der Waals surface area contributed by atoms with Gasteiger partial charge in [-0.25, -0.2) is 4.98 Å². The molecule has 2 unspecified atom stereocenters.